The number of nitriles is 1. The summed E-state index contributed by atoms with van der Waals surface area (Å²) in [5.74, 6) is 0.894. The topological polar surface area (TPSA) is 62.3 Å². The lowest BCUT2D eigenvalue weighted by atomic mass is 10.1. The van der Waals surface area contributed by atoms with Crippen LogP contribution in [0.2, 0.25) is 0 Å². The van der Waals surface area contributed by atoms with Crippen LogP contribution < -0.4 is 10.5 Å². The number of ether oxygens (including phenoxy) is 1. The van der Waals surface area contributed by atoms with Crippen LogP contribution in [0.5, 0.6) is 5.75 Å². The molecule has 1 heterocycles. The molecule has 0 saturated carbocycles. The highest BCUT2D eigenvalue weighted by Gasteiger charge is 2.18. The highest BCUT2D eigenvalue weighted by molar-refractivity contribution is 5.42. The molecule has 4 nitrogen and oxygen atoms in total. The Morgan fingerprint density at radius 2 is 2.00 bits per heavy atom. The van der Waals surface area contributed by atoms with Crippen molar-refractivity contribution in [3.63, 3.8) is 0 Å². The summed E-state index contributed by atoms with van der Waals surface area (Å²) in [7, 11) is 0. The minimum absolute atomic E-state index is 0.316. The van der Waals surface area contributed by atoms with Crippen molar-refractivity contribution in [2.24, 2.45) is 5.73 Å². The van der Waals surface area contributed by atoms with Crippen molar-refractivity contribution in [3.05, 3.63) is 29.3 Å². The fourth-order valence-electron chi connectivity index (χ4n) is 2.48. The van der Waals surface area contributed by atoms with E-state index < -0.39 is 0 Å². The summed E-state index contributed by atoms with van der Waals surface area (Å²) in [5, 5.41) is 8.98. The largest absolute Gasteiger partial charge is 0.494 e. The molecular weight excluding hydrogens is 286 g/mol. The third-order valence-corrected chi connectivity index (χ3v) is 3.50. The summed E-state index contributed by atoms with van der Waals surface area (Å²) in [5.41, 5.74) is 7.71. The first-order valence-electron chi connectivity index (χ1n) is 8.86. The van der Waals surface area contributed by atoms with Crippen LogP contribution in [0.25, 0.3) is 0 Å². The van der Waals surface area contributed by atoms with Crippen LogP contribution in [0, 0.1) is 11.3 Å². The Labute approximate surface area is 142 Å². The Hall–Kier alpha value is -1.57. The van der Waals surface area contributed by atoms with E-state index in [0.29, 0.717) is 18.2 Å². The molecule has 1 aromatic rings. The first kappa shape index (κ1) is 21.4. The van der Waals surface area contributed by atoms with Crippen molar-refractivity contribution < 1.29 is 4.74 Å². The zero-order valence-electron chi connectivity index (χ0n) is 15.4. The number of hydrogen-bond donors (Lipinski definition) is 1. The van der Waals surface area contributed by atoms with Gasteiger partial charge in [0.1, 0.15) is 5.75 Å². The minimum atomic E-state index is 0.316. The Morgan fingerprint density at radius 3 is 2.52 bits per heavy atom. The molecule has 0 bridgehead atoms. The Morgan fingerprint density at radius 1 is 1.30 bits per heavy atom. The van der Waals surface area contributed by atoms with E-state index in [1.54, 1.807) is 6.07 Å². The van der Waals surface area contributed by atoms with E-state index in [4.69, 9.17) is 15.7 Å². The van der Waals surface area contributed by atoms with Gasteiger partial charge in [0, 0.05) is 19.1 Å². The molecule has 130 valence electrons. The van der Waals surface area contributed by atoms with Crippen LogP contribution in [0.15, 0.2) is 18.2 Å². The molecule has 1 atom stereocenters. The number of nitrogens with zero attached hydrogens (tertiary/aromatic N) is 2. The maximum absolute atomic E-state index is 8.98. The monoisotopic (exact) mass is 319 g/mol. The van der Waals surface area contributed by atoms with Gasteiger partial charge in [0.2, 0.25) is 0 Å². The van der Waals surface area contributed by atoms with Crippen LogP contribution in [0.1, 0.15) is 52.2 Å². The van der Waals surface area contributed by atoms with Crippen LogP contribution in [-0.2, 0) is 6.42 Å². The summed E-state index contributed by atoms with van der Waals surface area (Å²) >= 11 is 0. The Balaban J connectivity index is 0.00000112. The van der Waals surface area contributed by atoms with Gasteiger partial charge < -0.3 is 15.4 Å². The molecule has 1 aliphatic rings. The number of hydrogen-bond acceptors (Lipinski definition) is 4. The molecule has 1 aliphatic heterocycles. The second-order valence-electron chi connectivity index (χ2n) is 4.97. The van der Waals surface area contributed by atoms with E-state index in [0.717, 1.165) is 43.8 Å². The molecule has 0 aromatic heterocycles. The van der Waals surface area contributed by atoms with Crippen LogP contribution in [0.4, 0.5) is 0 Å². The van der Waals surface area contributed by atoms with E-state index in [9.17, 15) is 0 Å². The summed E-state index contributed by atoms with van der Waals surface area (Å²) in [4.78, 5) is 2.37. The predicted molar refractivity (Wildman–Crippen MR) is 97.8 cm³/mol. The number of rotatable bonds is 5. The van der Waals surface area contributed by atoms with Gasteiger partial charge in [-0.1, -0.05) is 27.7 Å². The summed E-state index contributed by atoms with van der Waals surface area (Å²) in [6, 6.07) is 8.13. The second kappa shape index (κ2) is 12.9. The van der Waals surface area contributed by atoms with Gasteiger partial charge in [-0.2, -0.15) is 5.26 Å². The van der Waals surface area contributed by atoms with Gasteiger partial charge in [0.25, 0.3) is 0 Å². The van der Waals surface area contributed by atoms with Crippen molar-refractivity contribution in [1.29, 1.82) is 5.26 Å². The predicted octanol–water partition coefficient (Wildman–Crippen LogP) is 3.58. The van der Waals surface area contributed by atoms with E-state index in [1.165, 1.54) is 0 Å². The van der Waals surface area contributed by atoms with E-state index in [2.05, 4.69) is 11.0 Å². The van der Waals surface area contributed by atoms with Crippen LogP contribution >= 0.6 is 0 Å². The molecule has 0 spiro atoms. The quantitative estimate of drug-likeness (QED) is 0.901. The lowest BCUT2D eigenvalue weighted by Gasteiger charge is -2.16. The second-order valence-corrected chi connectivity index (χ2v) is 4.97. The fourth-order valence-corrected chi connectivity index (χ4v) is 2.48. The van der Waals surface area contributed by atoms with Gasteiger partial charge in [-0.25, -0.2) is 0 Å². The molecule has 0 radical (unpaired) electrons. The van der Waals surface area contributed by atoms with E-state index in [-0.39, 0.29) is 0 Å². The summed E-state index contributed by atoms with van der Waals surface area (Å²) < 4.78 is 5.62. The molecule has 2 rings (SSSR count). The highest BCUT2D eigenvalue weighted by Crippen LogP contribution is 2.21. The summed E-state index contributed by atoms with van der Waals surface area (Å²) in [6.07, 6.45) is 1.98. The van der Waals surface area contributed by atoms with Crippen molar-refractivity contribution in [3.8, 4) is 11.8 Å². The van der Waals surface area contributed by atoms with Crippen molar-refractivity contribution in [1.82, 2.24) is 4.90 Å². The minimum Gasteiger partial charge on any atom is -0.494 e. The third kappa shape index (κ3) is 7.49. The lowest BCUT2D eigenvalue weighted by molar-refractivity contribution is 0.322. The van der Waals surface area contributed by atoms with Crippen molar-refractivity contribution in [2.45, 2.75) is 53.5 Å². The zero-order chi connectivity index (χ0) is 17.7. The molecule has 1 fully saturated rings. The smallest absolute Gasteiger partial charge is 0.122 e. The molecular formula is C19H33N3O. The van der Waals surface area contributed by atoms with Crippen LogP contribution in [-0.4, -0.2) is 37.2 Å². The third-order valence-electron chi connectivity index (χ3n) is 3.50. The first-order chi connectivity index (χ1) is 11.2. The molecule has 1 aromatic carbocycles. The average Bonchev–Trinajstić information content (AvgIpc) is 3.03. The molecule has 23 heavy (non-hydrogen) atoms. The Bertz CT molecular complexity index is 468. The normalized spacial score (nSPS) is 16.5. The van der Waals surface area contributed by atoms with Gasteiger partial charge in [-0.3, -0.25) is 0 Å². The van der Waals surface area contributed by atoms with Crippen molar-refractivity contribution in [2.75, 3.05) is 26.2 Å². The Kier molecular flexibility index (Phi) is 12.0. The number of benzene rings is 1. The van der Waals surface area contributed by atoms with Gasteiger partial charge in [0.15, 0.2) is 0 Å². The zero-order valence-corrected chi connectivity index (χ0v) is 15.4. The van der Waals surface area contributed by atoms with Gasteiger partial charge in [0.05, 0.1) is 18.2 Å². The SMILES string of the molecule is CC.CC.CCOc1ccc(C#N)cc1CCN1CCC(N)C1. The highest BCUT2D eigenvalue weighted by atomic mass is 16.5. The van der Waals surface area contributed by atoms with Crippen LogP contribution in [0.3, 0.4) is 0 Å². The molecule has 1 saturated heterocycles. The molecule has 0 aliphatic carbocycles. The van der Waals surface area contributed by atoms with E-state index in [1.807, 2.05) is 46.8 Å². The van der Waals surface area contributed by atoms with Gasteiger partial charge in [-0.15, -0.1) is 0 Å². The number of nitrogens with two attached hydrogens (primary N) is 1. The van der Waals surface area contributed by atoms with Gasteiger partial charge >= 0.3 is 0 Å². The van der Waals surface area contributed by atoms with Gasteiger partial charge in [-0.05, 0) is 50.1 Å². The fraction of sp³-hybridized carbons (Fsp3) is 0.632. The molecule has 2 N–H and O–H groups in total. The lowest BCUT2D eigenvalue weighted by Crippen LogP contribution is -2.28. The first-order valence-corrected chi connectivity index (χ1v) is 8.86. The molecule has 4 heteroatoms. The maximum atomic E-state index is 8.98. The van der Waals surface area contributed by atoms with E-state index >= 15 is 0 Å². The molecule has 0 amide bonds. The number of likely N-dealkylation sites (tertiary alicyclic amines) is 1. The average molecular weight is 319 g/mol. The molecule has 1 unspecified atom stereocenters. The summed E-state index contributed by atoms with van der Waals surface area (Å²) in [6.45, 7) is 13.6. The van der Waals surface area contributed by atoms with Crippen molar-refractivity contribution >= 4 is 0 Å². The maximum Gasteiger partial charge on any atom is 0.122 e. The standard InChI is InChI=1S/C15H21N3O.2C2H6/c1-2-19-15-4-3-12(10-16)9-13(15)5-7-18-8-6-14(17)11-18;2*1-2/h3-4,9,14H,2,5-8,11,17H2,1H3;2*1-2H3.